The van der Waals surface area contributed by atoms with Gasteiger partial charge in [0.15, 0.2) is 17.5 Å². The van der Waals surface area contributed by atoms with Gasteiger partial charge in [-0.15, -0.1) is 0 Å². The third-order valence-corrected chi connectivity index (χ3v) is 12.0. The average Bonchev–Trinajstić information content (AvgIpc) is 3.34. The summed E-state index contributed by atoms with van der Waals surface area (Å²) in [4.78, 5) is 15.3. The molecule has 10 aromatic carbocycles. The summed E-state index contributed by atoms with van der Waals surface area (Å²) in [6.45, 7) is 0. The minimum absolute atomic E-state index is 0.582. The van der Waals surface area contributed by atoms with Gasteiger partial charge >= 0.3 is 0 Å². The van der Waals surface area contributed by atoms with Crippen LogP contribution in [-0.2, 0) is 0 Å². The number of hydrogen-bond donors (Lipinski definition) is 0. The largest absolute Gasteiger partial charge is 0.456 e. The Morgan fingerprint density at radius 1 is 0.328 bits per heavy atom. The highest BCUT2D eigenvalue weighted by molar-refractivity contribution is 6.23. The van der Waals surface area contributed by atoms with Crippen molar-refractivity contribution < 1.29 is 4.74 Å². The Bertz CT molecular complexity index is 3560. The van der Waals surface area contributed by atoms with Crippen molar-refractivity contribution in [2.24, 2.45) is 0 Å². The lowest BCUT2D eigenvalue weighted by atomic mass is 9.87. The Morgan fingerprint density at radius 2 is 0.836 bits per heavy atom. The van der Waals surface area contributed by atoms with E-state index in [0.717, 1.165) is 82.6 Å². The maximum atomic E-state index is 9.50. The molecule has 0 spiro atoms. The predicted molar refractivity (Wildman–Crippen MR) is 247 cm³/mol. The molecular weight excluding hydrogens is 745 g/mol. The molecule has 5 heteroatoms. The molecule has 0 fully saturated rings. The molecule has 1 aliphatic rings. The molecule has 0 amide bonds. The van der Waals surface area contributed by atoms with Gasteiger partial charge in [0.2, 0.25) is 0 Å². The monoisotopic (exact) mass is 776 g/mol. The number of benzene rings is 10. The van der Waals surface area contributed by atoms with E-state index in [2.05, 4.69) is 109 Å². The molecule has 0 atom stereocenters. The van der Waals surface area contributed by atoms with Crippen molar-refractivity contribution in [3.8, 4) is 85.1 Å². The highest BCUT2D eigenvalue weighted by Crippen LogP contribution is 2.49. The van der Waals surface area contributed by atoms with Gasteiger partial charge in [0.1, 0.15) is 11.5 Å². The topological polar surface area (TPSA) is 71.7 Å². The molecule has 0 bridgehead atoms. The number of nitrogens with zero attached hydrogens (tertiary/aromatic N) is 4. The molecule has 5 nitrogen and oxygen atoms in total. The van der Waals surface area contributed by atoms with E-state index in [1.54, 1.807) is 0 Å². The van der Waals surface area contributed by atoms with Crippen LogP contribution in [0.5, 0.6) is 11.5 Å². The number of nitriles is 1. The van der Waals surface area contributed by atoms with E-state index in [4.69, 9.17) is 19.7 Å². The summed E-state index contributed by atoms with van der Waals surface area (Å²) in [6, 6.07) is 69.6. The lowest BCUT2D eigenvalue weighted by Crippen LogP contribution is -2.00. The van der Waals surface area contributed by atoms with Crippen molar-refractivity contribution >= 4 is 43.1 Å². The third-order valence-electron chi connectivity index (χ3n) is 12.0. The molecule has 2 heterocycles. The number of rotatable bonds is 5. The normalized spacial score (nSPS) is 11.7. The quantitative estimate of drug-likeness (QED) is 0.163. The highest BCUT2D eigenvalue weighted by Gasteiger charge is 2.23. The Balaban J connectivity index is 1.01. The lowest BCUT2D eigenvalue weighted by molar-refractivity contribution is 0.487. The van der Waals surface area contributed by atoms with E-state index in [1.165, 1.54) is 16.3 Å². The molecule has 0 aliphatic carbocycles. The summed E-state index contributed by atoms with van der Waals surface area (Å²) < 4.78 is 6.39. The van der Waals surface area contributed by atoms with E-state index in [-0.39, 0.29) is 0 Å². The van der Waals surface area contributed by atoms with Gasteiger partial charge < -0.3 is 4.74 Å². The van der Waals surface area contributed by atoms with Crippen LogP contribution in [0.25, 0.3) is 111 Å². The zero-order valence-electron chi connectivity index (χ0n) is 32.7. The molecule has 61 heavy (non-hydrogen) atoms. The van der Waals surface area contributed by atoms with Crippen molar-refractivity contribution in [3.05, 3.63) is 200 Å². The number of aromatic nitrogens is 3. The highest BCUT2D eigenvalue weighted by atomic mass is 16.5. The van der Waals surface area contributed by atoms with Crippen molar-refractivity contribution in [3.63, 3.8) is 0 Å². The molecule has 12 rings (SSSR count). The molecular formula is C56H32N4O. The fraction of sp³-hybridized carbons (Fsp3) is 0. The first-order valence-electron chi connectivity index (χ1n) is 20.3. The van der Waals surface area contributed by atoms with Crippen LogP contribution < -0.4 is 4.74 Å². The van der Waals surface area contributed by atoms with Gasteiger partial charge in [-0.2, -0.15) is 5.26 Å². The lowest BCUT2D eigenvalue weighted by Gasteiger charge is -2.22. The first-order chi connectivity index (χ1) is 30.2. The van der Waals surface area contributed by atoms with Crippen molar-refractivity contribution in [2.75, 3.05) is 0 Å². The maximum absolute atomic E-state index is 9.50. The zero-order chi connectivity index (χ0) is 40.4. The molecule has 0 saturated carbocycles. The second kappa shape index (κ2) is 13.8. The van der Waals surface area contributed by atoms with Gasteiger partial charge in [-0.05, 0) is 102 Å². The van der Waals surface area contributed by atoms with E-state index in [9.17, 15) is 5.26 Å². The summed E-state index contributed by atoms with van der Waals surface area (Å²) in [5.41, 5.74) is 10.1. The molecule has 1 aliphatic heterocycles. The van der Waals surface area contributed by atoms with E-state index in [0.29, 0.717) is 28.8 Å². The zero-order valence-corrected chi connectivity index (χ0v) is 32.7. The number of hydrogen-bond acceptors (Lipinski definition) is 5. The fourth-order valence-electron chi connectivity index (χ4n) is 9.08. The second-order valence-electron chi connectivity index (χ2n) is 15.4. The molecule has 282 valence electrons. The Labute approximate surface area is 351 Å². The summed E-state index contributed by atoms with van der Waals surface area (Å²) in [5.74, 6) is 3.42. The van der Waals surface area contributed by atoms with Crippen molar-refractivity contribution in [1.82, 2.24) is 15.0 Å². The molecule has 0 N–H and O–H groups in total. The average molecular weight is 777 g/mol. The second-order valence-corrected chi connectivity index (χ2v) is 15.4. The van der Waals surface area contributed by atoms with Gasteiger partial charge in [-0.3, -0.25) is 0 Å². The third kappa shape index (κ3) is 5.66. The standard InChI is InChI=1S/C56H32N4O/c57-33-34-22-27-44-46-29-28-39(45-20-11-21-51(53(45)46)61-52(44)30-34)35-23-25-36(26-24-35)47-31-48-42-18-9-10-19-43(42)50(32-49(48)41-17-8-7-16-40(41)47)56-59-54(37-12-3-1-4-13-37)58-55(60-56)38-14-5-2-6-15-38/h1-32H. The van der Waals surface area contributed by atoms with Crippen LogP contribution in [0.4, 0.5) is 0 Å². The van der Waals surface area contributed by atoms with Crippen LogP contribution in [0.1, 0.15) is 5.56 Å². The van der Waals surface area contributed by atoms with Crippen LogP contribution >= 0.6 is 0 Å². The van der Waals surface area contributed by atoms with Crippen LogP contribution in [0, 0.1) is 11.3 Å². The predicted octanol–water partition coefficient (Wildman–Crippen LogP) is 14.5. The molecule has 0 unspecified atom stereocenters. The summed E-state index contributed by atoms with van der Waals surface area (Å²) >= 11 is 0. The minimum atomic E-state index is 0.582. The van der Waals surface area contributed by atoms with Gasteiger partial charge in [0.25, 0.3) is 0 Å². The maximum Gasteiger partial charge on any atom is 0.164 e. The minimum Gasteiger partial charge on any atom is -0.456 e. The first-order valence-corrected chi connectivity index (χ1v) is 20.3. The Kier molecular flexibility index (Phi) is 7.84. The number of fused-ring (bicyclic) bond motifs is 7. The van der Waals surface area contributed by atoms with Crippen LogP contribution in [0.2, 0.25) is 0 Å². The van der Waals surface area contributed by atoms with Crippen molar-refractivity contribution in [1.29, 1.82) is 5.26 Å². The van der Waals surface area contributed by atoms with Gasteiger partial charge in [-0.1, -0.05) is 158 Å². The fourth-order valence-corrected chi connectivity index (χ4v) is 9.08. The van der Waals surface area contributed by atoms with E-state index >= 15 is 0 Å². The van der Waals surface area contributed by atoms with E-state index in [1.807, 2.05) is 91.0 Å². The molecule has 11 aromatic rings. The summed E-state index contributed by atoms with van der Waals surface area (Å²) in [6.07, 6.45) is 0. The summed E-state index contributed by atoms with van der Waals surface area (Å²) in [5, 5.41) is 18.6. The SMILES string of the molecule is N#Cc1ccc2c(c1)Oc1cccc3c(-c4ccc(-c5cc6c7ccccc7c(-c7nc(-c8ccccc8)nc(-c8ccccc8)n7)cc6c6ccccc56)cc4)ccc-2c13. The first kappa shape index (κ1) is 34.6. The van der Waals surface area contributed by atoms with Gasteiger partial charge in [0.05, 0.1) is 11.6 Å². The van der Waals surface area contributed by atoms with Crippen LogP contribution in [0.15, 0.2) is 194 Å². The Hall–Kier alpha value is -8.46. The summed E-state index contributed by atoms with van der Waals surface area (Å²) in [7, 11) is 0. The Morgan fingerprint density at radius 3 is 1.48 bits per heavy atom. The number of ether oxygens (including phenoxy) is 1. The van der Waals surface area contributed by atoms with Crippen LogP contribution in [-0.4, -0.2) is 15.0 Å². The smallest absolute Gasteiger partial charge is 0.164 e. The molecule has 1 aromatic heterocycles. The van der Waals surface area contributed by atoms with Gasteiger partial charge in [-0.25, -0.2) is 15.0 Å². The van der Waals surface area contributed by atoms with Crippen LogP contribution in [0.3, 0.4) is 0 Å². The van der Waals surface area contributed by atoms with Gasteiger partial charge in [0, 0.05) is 27.6 Å². The van der Waals surface area contributed by atoms with Crippen molar-refractivity contribution in [2.45, 2.75) is 0 Å². The van der Waals surface area contributed by atoms with E-state index < -0.39 is 0 Å². The molecule has 0 saturated heterocycles. The molecule has 0 radical (unpaired) electrons.